The van der Waals surface area contributed by atoms with Crippen LogP contribution in [-0.2, 0) is 9.59 Å². The first-order valence-electron chi connectivity index (χ1n) is 9.00. The number of hydrogen-bond acceptors (Lipinski definition) is 7. The van der Waals surface area contributed by atoms with E-state index in [2.05, 4.69) is 26.1 Å². The van der Waals surface area contributed by atoms with E-state index in [0.717, 1.165) is 5.56 Å². The smallest absolute Gasteiger partial charge is 0.313 e. The lowest BCUT2D eigenvalue weighted by atomic mass is 10.2. The maximum absolute atomic E-state index is 12.1. The van der Waals surface area contributed by atoms with Crippen molar-refractivity contribution >= 4 is 51.6 Å². The van der Waals surface area contributed by atoms with Gasteiger partial charge in [0.05, 0.1) is 0 Å². The summed E-state index contributed by atoms with van der Waals surface area (Å²) in [5, 5.41) is 16.1. The highest BCUT2D eigenvalue weighted by Crippen LogP contribution is 2.25. The van der Waals surface area contributed by atoms with E-state index < -0.39 is 11.8 Å². The van der Waals surface area contributed by atoms with E-state index in [1.807, 2.05) is 25.1 Å². The molecule has 0 aliphatic heterocycles. The number of hydrogen-bond donors (Lipinski definition) is 3. The highest BCUT2D eigenvalue weighted by Gasteiger charge is 2.14. The molecule has 0 unspecified atom stereocenters. The van der Waals surface area contributed by atoms with Crippen molar-refractivity contribution in [1.29, 1.82) is 0 Å². The predicted molar refractivity (Wildman–Crippen MR) is 118 cm³/mol. The van der Waals surface area contributed by atoms with Gasteiger partial charge in [0, 0.05) is 23.5 Å². The third kappa shape index (κ3) is 6.39. The maximum Gasteiger partial charge on any atom is 0.313 e. The SMILES string of the molecule is Cc1ccc(NC(=O)C(=O)NCCSc2nnc(NC(=O)c3ccccc3)s2)cc1. The Labute approximate surface area is 181 Å². The van der Waals surface area contributed by atoms with Crippen molar-refractivity contribution in [3.63, 3.8) is 0 Å². The van der Waals surface area contributed by atoms with Crippen LogP contribution in [0.2, 0.25) is 0 Å². The minimum Gasteiger partial charge on any atom is -0.347 e. The van der Waals surface area contributed by atoms with Crippen LogP contribution in [-0.4, -0.2) is 40.2 Å². The average Bonchev–Trinajstić information content (AvgIpc) is 3.20. The Morgan fingerprint density at radius 1 is 0.933 bits per heavy atom. The van der Waals surface area contributed by atoms with Gasteiger partial charge in [-0.05, 0) is 31.2 Å². The van der Waals surface area contributed by atoms with E-state index >= 15 is 0 Å². The molecule has 10 heteroatoms. The molecule has 0 bridgehead atoms. The second-order valence-electron chi connectivity index (χ2n) is 6.12. The largest absolute Gasteiger partial charge is 0.347 e. The standard InChI is InChI=1S/C20H19N5O3S2/c1-13-7-9-15(10-8-13)22-18(28)17(27)21-11-12-29-20-25-24-19(30-20)23-16(26)14-5-3-2-4-6-14/h2-10H,11-12H2,1H3,(H,21,27)(H,22,28)(H,23,24,26). The van der Waals surface area contributed by atoms with Crippen molar-refractivity contribution < 1.29 is 14.4 Å². The number of rotatable bonds is 7. The number of aromatic nitrogens is 2. The van der Waals surface area contributed by atoms with E-state index in [-0.39, 0.29) is 12.5 Å². The molecule has 0 aliphatic carbocycles. The molecule has 1 aromatic heterocycles. The fourth-order valence-electron chi connectivity index (χ4n) is 2.29. The number of carbonyl (C=O) groups excluding carboxylic acids is 3. The number of carbonyl (C=O) groups is 3. The molecular weight excluding hydrogens is 422 g/mol. The summed E-state index contributed by atoms with van der Waals surface area (Å²) in [6.07, 6.45) is 0. The molecule has 3 rings (SSSR count). The van der Waals surface area contributed by atoms with Gasteiger partial charge in [0.1, 0.15) is 0 Å². The van der Waals surface area contributed by atoms with Crippen LogP contribution in [0.1, 0.15) is 15.9 Å². The number of nitrogens with zero attached hydrogens (tertiary/aromatic N) is 2. The molecule has 3 N–H and O–H groups in total. The Balaban J connectivity index is 1.38. The van der Waals surface area contributed by atoms with Crippen LogP contribution in [0.4, 0.5) is 10.8 Å². The lowest BCUT2D eigenvalue weighted by Crippen LogP contribution is -2.36. The van der Waals surface area contributed by atoms with Gasteiger partial charge in [-0.3, -0.25) is 19.7 Å². The monoisotopic (exact) mass is 441 g/mol. The first-order valence-corrected chi connectivity index (χ1v) is 10.8. The molecule has 8 nitrogen and oxygen atoms in total. The van der Waals surface area contributed by atoms with Gasteiger partial charge in [0.25, 0.3) is 5.91 Å². The van der Waals surface area contributed by atoms with Crippen LogP contribution in [0.25, 0.3) is 0 Å². The highest BCUT2D eigenvalue weighted by atomic mass is 32.2. The number of aryl methyl sites for hydroxylation is 1. The summed E-state index contributed by atoms with van der Waals surface area (Å²) in [7, 11) is 0. The molecule has 3 amide bonds. The Hall–Kier alpha value is -3.24. The molecule has 2 aromatic carbocycles. The van der Waals surface area contributed by atoms with Gasteiger partial charge in [0.15, 0.2) is 4.34 Å². The number of anilines is 2. The van der Waals surface area contributed by atoms with E-state index in [0.29, 0.717) is 26.5 Å². The normalized spacial score (nSPS) is 10.3. The highest BCUT2D eigenvalue weighted by molar-refractivity contribution is 8.01. The summed E-state index contributed by atoms with van der Waals surface area (Å²) in [6, 6.07) is 16.0. The number of amides is 3. The van der Waals surface area contributed by atoms with Gasteiger partial charge >= 0.3 is 11.8 Å². The molecule has 1 heterocycles. The fourth-order valence-corrected chi connectivity index (χ4v) is 3.96. The average molecular weight is 442 g/mol. The number of nitrogens with one attached hydrogen (secondary N) is 3. The Morgan fingerprint density at radius 2 is 1.67 bits per heavy atom. The summed E-state index contributed by atoms with van der Waals surface area (Å²) in [4.78, 5) is 35.9. The fraction of sp³-hybridized carbons (Fsp3) is 0.150. The lowest BCUT2D eigenvalue weighted by molar-refractivity contribution is -0.136. The van der Waals surface area contributed by atoms with Crippen LogP contribution in [0.5, 0.6) is 0 Å². The van der Waals surface area contributed by atoms with Crippen molar-refractivity contribution in [1.82, 2.24) is 15.5 Å². The predicted octanol–water partition coefficient (Wildman–Crippen LogP) is 2.95. The van der Waals surface area contributed by atoms with Gasteiger partial charge in [-0.25, -0.2) is 0 Å². The van der Waals surface area contributed by atoms with E-state index in [9.17, 15) is 14.4 Å². The lowest BCUT2D eigenvalue weighted by Gasteiger charge is -2.06. The molecule has 154 valence electrons. The first-order chi connectivity index (χ1) is 14.5. The molecule has 0 spiro atoms. The van der Waals surface area contributed by atoms with Gasteiger partial charge < -0.3 is 10.6 Å². The molecule has 30 heavy (non-hydrogen) atoms. The molecule has 0 atom stereocenters. The topological polar surface area (TPSA) is 113 Å². The molecular formula is C20H19N5O3S2. The summed E-state index contributed by atoms with van der Waals surface area (Å²) in [6.45, 7) is 2.23. The van der Waals surface area contributed by atoms with E-state index in [1.54, 1.807) is 36.4 Å². The van der Waals surface area contributed by atoms with Crippen LogP contribution >= 0.6 is 23.1 Å². The summed E-state index contributed by atoms with van der Waals surface area (Å²) in [5.74, 6) is -1.17. The van der Waals surface area contributed by atoms with Crippen molar-refractivity contribution in [3.05, 3.63) is 65.7 Å². The van der Waals surface area contributed by atoms with Crippen molar-refractivity contribution in [2.45, 2.75) is 11.3 Å². The molecule has 0 fully saturated rings. The third-order valence-electron chi connectivity index (χ3n) is 3.79. The minimum atomic E-state index is -0.717. The van der Waals surface area contributed by atoms with Crippen molar-refractivity contribution in [2.75, 3.05) is 22.9 Å². The van der Waals surface area contributed by atoms with Crippen LogP contribution < -0.4 is 16.0 Å². The summed E-state index contributed by atoms with van der Waals surface area (Å²) in [5.41, 5.74) is 2.16. The van der Waals surface area contributed by atoms with E-state index in [1.165, 1.54) is 23.1 Å². The van der Waals surface area contributed by atoms with Gasteiger partial charge in [0.2, 0.25) is 5.13 Å². The van der Waals surface area contributed by atoms with Gasteiger partial charge in [-0.15, -0.1) is 10.2 Å². The van der Waals surface area contributed by atoms with Crippen LogP contribution in [0.3, 0.4) is 0 Å². The second kappa shape index (κ2) is 10.5. The zero-order valence-electron chi connectivity index (χ0n) is 16.0. The minimum absolute atomic E-state index is 0.254. The summed E-state index contributed by atoms with van der Waals surface area (Å²) >= 11 is 2.61. The molecule has 3 aromatic rings. The Kier molecular flexibility index (Phi) is 7.52. The van der Waals surface area contributed by atoms with Crippen molar-refractivity contribution in [3.8, 4) is 0 Å². The molecule has 0 saturated heterocycles. The van der Waals surface area contributed by atoms with Crippen LogP contribution in [0, 0.1) is 6.92 Å². The second-order valence-corrected chi connectivity index (χ2v) is 8.44. The third-order valence-corrected chi connectivity index (χ3v) is 5.77. The molecule has 0 radical (unpaired) electrons. The van der Waals surface area contributed by atoms with Crippen molar-refractivity contribution in [2.24, 2.45) is 0 Å². The number of benzene rings is 2. The molecule has 0 aliphatic rings. The maximum atomic E-state index is 12.1. The Bertz CT molecular complexity index is 1020. The quantitative estimate of drug-likeness (QED) is 0.225. The zero-order valence-corrected chi connectivity index (χ0v) is 17.7. The van der Waals surface area contributed by atoms with Crippen LogP contribution in [0.15, 0.2) is 58.9 Å². The van der Waals surface area contributed by atoms with Gasteiger partial charge in [-0.1, -0.05) is 59.0 Å². The van der Waals surface area contributed by atoms with Gasteiger partial charge in [-0.2, -0.15) is 0 Å². The molecule has 0 saturated carbocycles. The zero-order chi connectivity index (χ0) is 21.3. The first kappa shape index (κ1) is 21.5. The summed E-state index contributed by atoms with van der Waals surface area (Å²) < 4.78 is 0.650. The Morgan fingerprint density at radius 3 is 2.40 bits per heavy atom. The van der Waals surface area contributed by atoms with E-state index in [4.69, 9.17) is 0 Å². The number of thioether (sulfide) groups is 1.